The summed E-state index contributed by atoms with van der Waals surface area (Å²) in [6.07, 6.45) is -1.41. The highest BCUT2D eigenvalue weighted by Crippen LogP contribution is 2.61. The lowest BCUT2D eigenvalue weighted by atomic mass is 9.70. The van der Waals surface area contributed by atoms with Crippen LogP contribution in [-0.2, 0) is 22.9 Å². The second-order valence-corrected chi connectivity index (χ2v) is 13.4. The van der Waals surface area contributed by atoms with Crippen molar-refractivity contribution >= 4 is 33.9 Å². The third-order valence-corrected chi connectivity index (χ3v) is 10.1. The van der Waals surface area contributed by atoms with Crippen molar-refractivity contribution in [2.45, 2.75) is 93.6 Å². The van der Waals surface area contributed by atoms with Crippen LogP contribution in [0.5, 0.6) is 0 Å². The predicted molar refractivity (Wildman–Crippen MR) is 131 cm³/mol. The van der Waals surface area contributed by atoms with E-state index >= 15 is 0 Å². The minimum atomic E-state index is -4.38. The maximum absolute atomic E-state index is 13.4. The molecule has 33 heavy (non-hydrogen) atoms. The predicted octanol–water partition coefficient (Wildman–Crippen LogP) is 7.59. The molecule has 3 aliphatic rings. The summed E-state index contributed by atoms with van der Waals surface area (Å²) in [6, 6.07) is 2.71. The SMILES string of the molecule is CC(C)c1nc2c(c3c1C(c1ccc(C(F)(F)F)s1)OC31CCCC1I)C(O)CC(C)(C)C2. The first-order valence-electron chi connectivity index (χ1n) is 11.6. The van der Waals surface area contributed by atoms with E-state index in [9.17, 15) is 18.3 Å². The van der Waals surface area contributed by atoms with Gasteiger partial charge in [-0.25, -0.2) is 0 Å². The highest BCUT2D eigenvalue weighted by Gasteiger charge is 2.56. The van der Waals surface area contributed by atoms with Gasteiger partial charge in [-0.3, -0.25) is 4.98 Å². The number of aliphatic hydroxyl groups excluding tert-OH is 1. The van der Waals surface area contributed by atoms with Crippen LogP contribution in [0.4, 0.5) is 13.2 Å². The fourth-order valence-corrected chi connectivity index (χ4v) is 8.14. The summed E-state index contributed by atoms with van der Waals surface area (Å²) in [5, 5.41) is 11.3. The molecule has 180 valence electrons. The second-order valence-electron chi connectivity index (χ2n) is 10.8. The molecule has 0 amide bonds. The van der Waals surface area contributed by atoms with Crippen LogP contribution >= 0.6 is 33.9 Å². The van der Waals surface area contributed by atoms with E-state index in [1.165, 1.54) is 0 Å². The molecule has 5 rings (SSSR count). The normalized spacial score (nSPS) is 30.8. The monoisotopic (exact) mass is 591 g/mol. The number of aromatic nitrogens is 1. The average Bonchev–Trinajstić information content (AvgIpc) is 3.38. The Kier molecular flexibility index (Phi) is 5.75. The van der Waals surface area contributed by atoms with Crippen LogP contribution in [-0.4, -0.2) is 14.0 Å². The summed E-state index contributed by atoms with van der Waals surface area (Å²) in [7, 11) is 0. The molecule has 1 fully saturated rings. The first-order valence-corrected chi connectivity index (χ1v) is 13.6. The van der Waals surface area contributed by atoms with Crippen molar-refractivity contribution in [3.63, 3.8) is 0 Å². The first kappa shape index (κ1) is 24.0. The Bertz CT molecular complexity index is 1100. The van der Waals surface area contributed by atoms with Crippen LogP contribution in [0.25, 0.3) is 0 Å². The Hall–Kier alpha value is -0.710. The Morgan fingerprint density at radius 1 is 1.24 bits per heavy atom. The van der Waals surface area contributed by atoms with Crippen LogP contribution in [0.3, 0.4) is 0 Å². The van der Waals surface area contributed by atoms with Crippen LogP contribution in [0.2, 0.25) is 0 Å². The standard InChI is InChI=1S/C25H29F3INO2S/c1-12(2)21-19-20(18-13(30-21)10-23(3,4)11-14(18)31)24(9-5-6-16(24)29)32-22(19)15-7-8-17(33-15)25(26,27)28/h7-8,12,14,16,22,31H,5-6,9-11H2,1-4H3. The Balaban J connectivity index is 1.78. The van der Waals surface area contributed by atoms with Gasteiger partial charge in [-0.2, -0.15) is 13.2 Å². The topological polar surface area (TPSA) is 42.4 Å². The molecule has 1 N–H and O–H groups in total. The lowest BCUT2D eigenvalue weighted by Gasteiger charge is -2.39. The summed E-state index contributed by atoms with van der Waals surface area (Å²) < 4.78 is 47.3. The lowest BCUT2D eigenvalue weighted by Crippen LogP contribution is -2.35. The van der Waals surface area contributed by atoms with E-state index in [1.807, 2.05) is 0 Å². The molecular formula is C25H29F3INO2S. The van der Waals surface area contributed by atoms with E-state index in [1.54, 1.807) is 6.07 Å². The van der Waals surface area contributed by atoms with Gasteiger partial charge in [0.2, 0.25) is 0 Å². The highest BCUT2D eigenvalue weighted by atomic mass is 127. The maximum Gasteiger partial charge on any atom is 0.425 e. The largest absolute Gasteiger partial charge is 0.425 e. The minimum absolute atomic E-state index is 0.0668. The summed E-state index contributed by atoms with van der Waals surface area (Å²) in [4.78, 5) is 5.03. The summed E-state index contributed by atoms with van der Waals surface area (Å²) in [5.74, 6) is 0.0867. The number of aliphatic hydroxyl groups is 1. The lowest BCUT2D eigenvalue weighted by molar-refractivity contribution is -0.134. The number of hydrogen-bond donors (Lipinski definition) is 1. The van der Waals surface area contributed by atoms with Crippen molar-refractivity contribution in [2.24, 2.45) is 5.41 Å². The van der Waals surface area contributed by atoms with Gasteiger partial charge in [-0.15, -0.1) is 11.3 Å². The van der Waals surface area contributed by atoms with Crippen molar-refractivity contribution in [3.05, 3.63) is 50.0 Å². The van der Waals surface area contributed by atoms with Gasteiger partial charge in [0.15, 0.2) is 0 Å². The van der Waals surface area contributed by atoms with Crippen molar-refractivity contribution in [2.75, 3.05) is 0 Å². The first-order chi connectivity index (χ1) is 15.3. The summed E-state index contributed by atoms with van der Waals surface area (Å²) >= 11 is 3.20. The van der Waals surface area contributed by atoms with Crippen molar-refractivity contribution in [1.29, 1.82) is 0 Å². The van der Waals surface area contributed by atoms with Gasteiger partial charge in [0.05, 0.1) is 6.10 Å². The van der Waals surface area contributed by atoms with Crippen molar-refractivity contribution in [1.82, 2.24) is 4.98 Å². The zero-order valence-corrected chi connectivity index (χ0v) is 22.2. The van der Waals surface area contributed by atoms with Gasteiger partial charge in [-0.1, -0.05) is 50.3 Å². The third-order valence-electron chi connectivity index (χ3n) is 7.34. The summed E-state index contributed by atoms with van der Waals surface area (Å²) in [5.41, 5.74) is 3.98. The number of alkyl halides is 4. The molecule has 1 aliphatic heterocycles. The van der Waals surface area contributed by atoms with Crippen LogP contribution < -0.4 is 0 Å². The smallest absolute Gasteiger partial charge is 0.388 e. The molecule has 3 heterocycles. The van der Waals surface area contributed by atoms with Gasteiger partial charge in [0, 0.05) is 36.9 Å². The average molecular weight is 591 g/mol. The molecule has 0 radical (unpaired) electrons. The Labute approximate surface area is 210 Å². The molecule has 8 heteroatoms. The molecule has 4 unspecified atom stereocenters. The molecule has 2 aromatic heterocycles. The minimum Gasteiger partial charge on any atom is -0.388 e. The van der Waals surface area contributed by atoms with Gasteiger partial charge in [0.25, 0.3) is 0 Å². The number of hydrogen-bond acceptors (Lipinski definition) is 4. The quantitative estimate of drug-likeness (QED) is 0.289. The van der Waals surface area contributed by atoms with E-state index in [-0.39, 0.29) is 15.3 Å². The number of fused-ring (bicyclic) bond motifs is 4. The molecule has 2 aliphatic carbocycles. The van der Waals surface area contributed by atoms with Crippen LogP contribution in [0.1, 0.15) is 109 Å². The maximum atomic E-state index is 13.4. The van der Waals surface area contributed by atoms with E-state index < -0.39 is 28.9 Å². The molecule has 0 bridgehead atoms. The van der Waals surface area contributed by atoms with Crippen LogP contribution in [0.15, 0.2) is 12.1 Å². The number of rotatable bonds is 2. The fourth-order valence-electron chi connectivity index (χ4n) is 6.01. The van der Waals surface area contributed by atoms with E-state index in [2.05, 4.69) is 50.3 Å². The third kappa shape index (κ3) is 3.78. The van der Waals surface area contributed by atoms with Crippen molar-refractivity contribution in [3.8, 4) is 0 Å². The Morgan fingerprint density at radius 2 is 1.97 bits per heavy atom. The molecule has 1 saturated carbocycles. The van der Waals surface area contributed by atoms with Gasteiger partial charge < -0.3 is 9.84 Å². The Morgan fingerprint density at radius 3 is 2.55 bits per heavy atom. The zero-order valence-electron chi connectivity index (χ0n) is 19.2. The van der Waals surface area contributed by atoms with E-state index in [4.69, 9.17) is 9.72 Å². The van der Waals surface area contributed by atoms with E-state index in [0.29, 0.717) is 11.3 Å². The molecule has 1 spiro atoms. The second kappa shape index (κ2) is 7.90. The molecule has 0 saturated heterocycles. The number of thiophene rings is 1. The number of pyridine rings is 1. The molecular weight excluding hydrogens is 562 g/mol. The number of ether oxygens (including phenoxy) is 1. The summed E-state index contributed by atoms with van der Waals surface area (Å²) in [6.45, 7) is 8.46. The zero-order chi connectivity index (χ0) is 23.9. The molecule has 0 aromatic carbocycles. The highest BCUT2D eigenvalue weighted by molar-refractivity contribution is 14.1. The fraction of sp³-hybridized carbons (Fsp3) is 0.640. The van der Waals surface area contributed by atoms with Crippen molar-refractivity contribution < 1.29 is 23.0 Å². The van der Waals surface area contributed by atoms with E-state index in [0.717, 1.165) is 71.2 Å². The van der Waals surface area contributed by atoms with Gasteiger partial charge >= 0.3 is 6.18 Å². The van der Waals surface area contributed by atoms with Gasteiger partial charge in [0.1, 0.15) is 16.6 Å². The molecule has 4 atom stereocenters. The molecule has 2 aromatic rings. The number of halogens is 4. The number of nitrogens with zero attached hydrogens (tertiary/aromatic N) is 1. The molecule has 3 nitrogen and oxygen atoms in total. The van der Waals surface area contributed by atoms with Gasteiger partial charge in [-0.05, 0) is 55.6 Å². The van der Waals surface area contributed by atoms with Crippen LogP contribution in [0, 0.1) is 5.41 Å².